The van der Waals surface area contributed by atoms with E-state index in [1.807, 2.05) is 0 Å². The van der Waals surface area contributed by atoms with Crippen molar-refractivity contribution in [2.75, 3.05) is 0 Å². The van der Waals surface area contributed by atoms with E-state index < -0.39 is 5.60 Å². The van der Waals surface area contributed by atoms with Gasteiger partial charge in [0.2, 0.25) is 0 Å². The number of hydrogen-bond acceptors (Lipinski definition) is 2. The molecule has 2 aliphatic rings. The Labute approximate surface area is 90.7 Å². The van der Waals surface area contributed by atoms with Gasteiger partial charge in [-0.1, -0.05) is 18.1 Å². The van der Waals surface area contributed by atoms with Crippen molar-refractivity contribution in [3.05, 3.63) is 12.2 Å². The molecule has 2 rings (SSSR count). The molecule has 0 aliphatic heterocycles. The fraction of sp³-hybridized carbons (Fsp3) is 0.615. The molecule has 80 valence electrons. The van der Waals surface area contributed by atoms with E-state index in [0.717, 1.165) is 12.8 Å². The summed E-state index contributed by atoms with van der Waals surface area (Å²) in [6, 6.07) is 0. The zero-order valence-electron chi connectivity index (χ0n) is 9.19. The Hall–Kier alpha value is -1.23. The summed E-state index contributed by atoms with van der Waals surface area (Å²) in [5.41, 5.74) is -0.775. The van der Waals surface area contributed by atoms with Gasteiger partial charge in [0.25, 0.3) is 0 Å². The van der Waals surface area contributed by atoms with Crippen LogP contribution in [0.15, 0.2) is 12.2 Å². The van der Waals surface area contributed by atoms with Gasteiger partial charge >= 0.3 is 5.97 Å². The van der Waals surface area contributed by atoms with Crippen LogP contribution in [-0.2, 0) is 9.53 Å². The summed E-state index contributed by atoms with van der Waals surface area (Å²) in [6.45, 7) is 3.49. The first kappa shape index (κ1) is 10.3. The second kappa shape index (κ2) is 3.41. The van der Waals surface area contributed by atoms with Crippen LogP contribution in [0.2, 0.25) is 0 Å². The number of ether oxygens (including phenoxy) is 1. The van der Waals surface area contributed by atoms with E-state index in [4.69, 9.17) is 11.2 Å². The second-order valence-electron chi connectivity index (χ2n) is 4.96. The van der Waals surface area contributed by atoms with E-state index in [9.17, 15) is 4.79 Å². The number of carbonyl (C=O) groups is 1. The molecule has 0 aromatic heterocycles. The van der Waals surface area contributed by atoms with Gasteiger partial charge in [-0.2, -0.15) is 0 Å². The van der Waals surface area contributed by atoms with Crippen molar-refractivity contribution in [1.29, 1.82) is 0 Å². The van der Waals surface area contributed by atoms with Crippen molar-refractivity contribution >= 4 is 5.97 Å². The van der Waals surface area contributed by atoms with Crippen molar-refractivity contribution in [3.8, 4) is 12.3 Å². The van der Waals surface area contributed by atoms with E-state index in [2.05, 4.69) is 18.1 Å². The van der Waals surface area contributed by atoms with Crippen LogP contribution in [0.3, 0.4) is 0 Å². The summed E-state index contributed by atoms with van der Waals surface area (Å²) >= 11 is 0. The summed E-state index contributed by atoms with van der Waals surface area (Å²) in [6.07, 6.45) is 11.7. The summed E-state index contributed by atoms with van der Waals surface area (Å²) < 4.78 is 5.31. The molecule has 2 bridgehead atoms. The third kappa shape index (κ3) is 1.92. The van der Waals surface area contributed by atoms with Crippen LogP contribution >= 0.6 is 0 Å². The van der Waals surface area contributed by atoms with Crippen LogP contribution in [0.25, 0.3) is 0 Å². The average Bonchev–Trinajstić information content (AvgIpc) is 2.78. The number of fused-ring (bicyclic) bond motifs is 2. The topological polar surface area (TPSA) is 26.3 Å². The maximum atomic E-state index is 11.9. The lowest BCUT2D eigenvalue weighted by Gasteiger charge is -2.23. The molecule has 0 radical (unpaired) electrons. The molecule has 2 heteroatoms. The Morgan fingerprint density at radius 1 is 1.47 bits per heavy atom. The van der Waals surface area contributed by atoms with Gasteiger partial charge < -0.3 is 4.74 Å². The Balaban J connectivity index is 1.99. The standard InChI is InChI=1S/C13H16O2/c1-4-13(2,3)15-12(14)11-8-9-5-6-10(11)7-9/h1,5-6,9-11H,7-8H2,2-3H3/t9-,10?,11+/m0/s1. The highest BCUT2D eigenvalue weighted by Crippen LogP contribution is 2.44. The molecular weight excluding hydrogens is 188 g/mol. The monoisotopic (exact) mass is 204 g/mol. The predicted molar refractivity (Wildman–Crippen MR) is 57.8 cm³/mol. The first-order chi connectivity index (χ1) is 7.02. The number of carbonyl (C=O) groups excluding carboxylic acids is 1. The minimum absolute atomic E-state index is 0.0348. The Morgan fingerprint density at radius 3 is 2.67 bits per heavy atom. The van der Waals surface area contributed by atoms with E-state index in [1.54, 1.807) is 13.8 Å². The van der Waals surface area contributed by atoms with E-state index in [-0.39, 0.29) is 11.9 Å². The Bertz CT molecular complexity index is 346. The van der Waals surface area contributed by atoms with Gasteiger partial charge in [-0.05, 0) is 38.5 Å². The summed E-state index contributed by atoms with van der Waals surface area (Å²) in [5.74, 6) is 3.35. The molecule has 0 aromatic rings. The quantitative estimate of drug-likeness (QED) is 0.391. The van der Waals surface area contributed by atoms with E-state index >= 15 is 0 Å². The van der Waals surface area contributed by atoms with E-state index in [1.165, 1.54) is 0 Å². The second-order valence-corrected chi connectivity index (χ2v) is 4.96. The molecule has 0 aromatic carbocycles. The molecule has 1 saturated carbocycles. The summed E-state index contributed by atoms with van der Waals surface area (Å²) in [4.78, 5) is 11.9. The van der Waals surface area contributed by atoms with Crippen molar-refractivity contribution in [2.45, 2.75) is 32.3 Å². The molecule has 0 spiro atoms. The maximum absolute atomic E-state index is 11.9. The number of hydrogen-bond donors (Lipinski definition) is 0. The fourth-order valence-electron chi connectivity index (χ4n) is 2.41. The van der Waals surface area contributed by atoms with Crippen molar-refractivity contribution < 1.29 is 9.53 Å². The molecule has 15 heavy (non-hydrogen) atoms. The molecule has 0 saturated heterocycles. The molecule has 0 N–H and O–H groups in total. The van der Waals surface area contributed by atoms with Crippen LogP contribution in [0, 0.1) is 30.1 Å². The molecule has 2 aliphatic carbocycles. The highest BCUT2D eigenvalue weighted by molar-refractivity contribution is 5.74. The lowest BCUT2D eigenvalue weighted by molar-refractivity contribution is -0.157. The summed E-state index contributed by atoms with van der Waals surface area (Å²) in [7, 11) is 0. The third-order valence-electron chi connectivity index (χ3n) is 3.28. The molecule has 3 atom stereocenters. The lowest BCUT2D eigenvalue weighted by atomic mass is 9.93. The molecule has 0 heterocycles. The van der Waals surface area contributed by atoms with Gasteiger partial charge in [0, 0.05) is 0 Å². The number of allylic oxidation sites excluding steroid dienone is 2. The Morgan fingerprint density at radius 2 is 2.20 bits per heavy atom. The molecule has 0 amide bonds. The van der Waals surface area contributed by atoms with Gasteiger partial charge in [0.1, 0.15) is 0 Å². The smallest absolute Gasteiger partial charge is 0.311 e. The van der Waals surface area contributed by atoms with Crippen LogP contribution in [0.1, 0.15) is 26.7 Å². The van der Waals surface area contributed by atoms with Crippen LogP contribution in [0.4, 0.5) is 0 Å². The first-order valence-corrected chi connectivity index (χ1v) is 5.41. The summed E-state index contributed by atoms with van der Waals surface area (Å²) in [5, 5.41) is 0. The van der Waals surface area contributed by atoms with Gasteiger partial charge in [0.05, 0.1) is 5.92 Å². The highest BCUT2D eigenvalue weighted by atomic mass is 16.6. The lowest BCUT2D eigenvalue weighted by Crippen LogP contribution is -2.31. The highest BCUT2D eigenvalue weighted by Gasteiger charge is 2.41. The largest absolute Gasteiger partial charge is 0.446 e. The number of terminal acetylenes is 1. The van der Waals surface area contributed by atoms with Gasteiger partial charge in [-0.25, -0.2) is 0 Å². The minimum atomic E-state index is -0.775. The Kier molecular flexibility index (Phi) is 2.34. The minimum Gasteiger partial charge on any atom is -0.446 e. The number of esters is 1. The average molecular weight is 204 g/mol. The normalized spacial score (nSPS) is 32.7. The van der Waals surface area contributed by atoms with Crippen LogP contribution < -0.4 is 0 Å². The molecular formula is C13H16O2. The maximum Gasteiger partial charge on any atom is 0.311 e. The SMILES string of the molecule is C#CC(C)(C)OC(=O)[C@@H]1C[C@H]2C=CC1C2. The molecule has 2 nitrogen and oxygen atoms in total. The van der Waals surface area contributed by atoms with Crippen molar-refractivity contribution in [3.63, 3.8) is 0 Å². The zero-order valence-corrected chi connectivity index (χ0v) is 9.19. The third-order valence-corrected chi connectivity index (χ3v) is 3.28. The first-order valence-electron chi connectivity index (χ1n) is 5.41. The van der Waals surface area contributed by atoms with Gasteiger partial charge in [0.15, 0.2) is 5.60 Å². The number of rotatable bonds is 2. The van der Waals surface area contributed by atoms with Crippen molar-refractivity contribution in [2.24, 2.45) is 17.8 Å². The van der Waals surface area contributed by atoms with Gasteiger partial charge in [-0.15, -0.1) is 6.42 Å². The zero-order chi connectivity index (χ0) is 11.1. The van der Waals surface area contributed by atoms with Crippen LogP contribution in [0.5, 0.6) is 0 Å². The predicted octanol–water partition coefficient (Wildman–Crippen LogP) is 2.15. The van der Waals surface area contributed by atoms with Crippen molar-refractivity contribution in [1.82, 2.24) is 0 Å². The van der Waals surface area contributed by atoms with E-state index in [0.29, 0.717) is 11.8 Å². The fourth-order valence-corrected chi connectivity index (χ4v) is 2.41. The van der Waals surface area contributed by atoms with Crippen LogP contribution in [-0.4, -0.2) is 11.6 Å². The van der Waals surface area contributed by atoms with Gasteiger partial charge in [-0.3, -0.25) is 4.79 Å². The molecule has 1 fully saturated rings. The molecule has 1 unspecified atom stereocenters.